The van der Waals surface area contributed by atoms with Gasteiger partial charge in [0.2, 0.25) is 0 Å². The molecule has 1 aliphatic rings. The second-order valence-electron chi connectivity index (χ2n) is 7.15. The molecule has 4 nitrogen and oxygen atoms in total. The molecule has 144 valence electrons. The van der Waals surface area contributed by atoms with Crippen LogP contribution in [0.4, 0.5) is 4.39 Å². The van der Waals surface area contributed by atoms with Crippen LogP contribution in [0.2, 0.25) is 0 Å². The van der Waals surface area contributed by atoms with Crippen molar-refractivity contribution in [3.8, 4) is 0 Å². The van der Waals surface area contributed by atoms with Gasteiger partial charge in [-0.15, -0.1) is 0 Å². The molecule has 1 fully saturated rings. The van der Waals surface area contributed by atoms with E-state index in [1.807, 2.05) is 6.07 Å². The van der Waals surface area contributed by atoms with E-state index in [1.54, 1.807) is 12.1 Å². The summed E-state index contributed by atoms with van der Waals surface area (Å²) < 4.78 is 13.2. The number of piperidine rings is 1. The van der Waals surface area contributed by atoms with Crippen LogP contribution in [-0.2, 0) is 6.42 Å². The summed E-state index contributed by atoms with van der Waals surface area (Å²) in [5.41, 5.74) is 2.26. The van der Waals surface area contributed by atoms with Crippen molar-refractivity contribution in [1.29, 1.82) is 0 Å². The number of guanidine groups is 1. The molecule has 0 atom stereocenters. The third-order valence-corrected chi connectivity index (χ3v) is 4.55. The average molecular weight is 361 g/mol. The third kappa shape index (κ3) is 7.56. The maximum atomic E-state index is 13.2. The molecule has 1 heterocycles. The summed E-state index contributed by atoms with van der Waals surface area (Å²) in [5.74, 6) is 0.726. The first-order valence-corrected chi connectivity index (χ1v) is 9.73. The topological polar surface area (TPSA) is 39.7 Å². The number of likely N-dealkylation sites (tertiary alicyclic amines) is 1. The van der Waals surface area contributed by atoms with E-state index < -0.39 is 0 Å². The zero-order valence-corrected chi connectivity index (χ0v) is 16.2. The molecule has 0 aliphatic carbocycles. The number of benzene rings is 1. The van der Waals surface area contributed by atoms with E-state index in [9.17, 15) is 4.39 Å². The van der Waals surface area contributed by atoms with Gasteiger partial charge in [0.25, 0.3) is 0 Å². The molecule has 26 heavy (non-hydrogen) atoms. The molecule has 1 aromatic rings. The zero-order valence-electron chi connectivity index (χ0n) is 16.2. The Morgan fingerprint density at radius 2 is 2.12 bits per heavy atom. The molecule has 1 aliphatic heterocycles. The molecule has 0 amide bonds. The summed E-state index contributed by atoms with van der Waals surface area (Å²) in [6.45, 7) is 13.0. The van der Waals surface area contributed by atoms with Gasteiger partial charge in [-0.3, -0.25) is 9.89 Å². The van der Waals surface area contributed by atoms with Crippen LogP contribution in [0.15, 0.2) is 41.4 Å². The molecule has 1 aromatic carbocycles. The molecule has 0 spiro atoms. The fraction of sp³-hybridized carbons (Fsp3) is 0.571. The molecule has 5 heteroatoms. The number of aryl methyl sites for hydroxylation is 1. The van der Waals surface area contributed by atoms with Crippen molar-refractivity contribution < 1.29 is 4.39 Å². The SMILES string of the molecule is C=C(C)CN1CCC(NC(=NCCCc2cccc(F)c2)NCC)CC1. The Balaban J connectivity index is 1.75. The van der Waals surface area contributed by atoms with Gasteiger partial charge in [0.15, 0.2) is 5.96 Å². The highest BCUT2D eigenvalue weighted by molar-refractivity contribution is 5.80. The van der Waals surface area contributed by atoms with Gasteiger partial charge in [-0.2, -0.15) is 0 Å². The fourth-order valence-corrected chi connectivity index (χ4v) is 3.30. The van der Waals surface area contributed by atoms with Crippen LogP contribution in [0.5, 0.6) is 0 Å². The Bertz CT molecular complexity index is 591. The molecular weight excluding hydrogens is 327 g/mol. The van der Waals surface area contributed by atoms with Gasteiger partial charge in [0.1, 0.15) is 5.82 Å². The molecular formula is C21H33FN4. The molecule has 2 N–H and O–H groups in total. The monoisotopic (exact) mass is 360 g/mol. The van der Waals surface area contributed by atoms with Crippen molar-refractivity contribution in [3.63, 3.8) is 0 Å². The van der Waals surface area contributed by atoms with Gasteiger partial charge >= 0.3 is 0 Å². The van der Waals surface area contributed by atoms with E-state index in [4.69, 9.17) is 0 Å². The normalized spacial score (nSPS) is 16.5. The van der Waals surface area contributed by atoms with Crippen LogP contribution in [0.1, 0.15) is 38.7 Å². The van der Waals surface area contributed by atoms with Crippen molar-refractivity contribution in [2.24, 2.45) is 4.99 Å². The summed E-state index contributed by atoms with van der Waals surface area (Å²) in [4.78, 5) is 7.15. The van der Waals surface area contributed by atoms with Gasteiger partial charge in [-0.25, -0.2) is 4.39 Å². The number of halogens is 1. The highest BCUT2D eigenvalue weighted by atomic mass is 19.1. The predicted molar refractivity (Wildman–Crippen MR) is 108 cm³/mol. The van der Waals surface area contributed by atoms with Gasteiger partial charge < -0.3 is 10.6 Å². The number of rotatable bonds is 8. The Hall–Kier alpha value is -1.88. The Morgan fingerprint density at radius 3 is 2.77 bits per heavy atom. The van der Waals surface area contributed by atoms with Crippen LogP contribution in [0.25, 0.3) is 0 Å². The quantitative estimate of drug-likeness (QED) is 0.323. The van der Waals surface area contributed by atoms with Crippen molar-refractivity contribution >= 4 is 5.96 Å². The van der Waals surface area contributed by atoms with Crippen molar-refractivity contribution in [2.45, 2.75) is 45.6 Å². The Labute approximate surface area is 157 Å². The first kappa shape index (κ1) is 20.4. The smallest absolute Gasteiger partial charge is 0.191 e. The molecule has 0 aromatic heterocycles. The van der Waals surface area contributed by atoms with E-state index in [1.165, 1.54) is 11.6 Å². The first-order chi connectivity index (χ1) is 12.6. The lowest BCUT2D eigenvalue weighted by atomic mass is 10.0. The third-order valence-electron chi connectivity index (χ3n) is 4.55. The first-order valence-electron chi connectivity index (χ1n) is 9.73. The Kier molecular flexibility index (Phi) is 8.62. The number of aliphatic imine (C=N–C) groups is 1. The molecule has 0 saturated carbocycles. The maximum Gasteiger partial charge on any atom is 0.191 e. The summed E-state index contributed by atoms with van der Waals surface area (Å²) in [7, 11) is 0. The van der Waals surface area contributed by atoms with E-state index in [-0.39, 0.29) is 5.82 Å². The standard InChI is InChI=1S/C21H33FN4/c1-4-23-21(24-12-6-8-18-7-5-9-19(22)15-18)25-20-10-13-26(14-11-20)16-17(2)3/h5,7,9,15,20H,2,4,6,8,10-14,16H2,1,3H3,(H2,23,24,25). The average Bonchev–Trinajstić information content (AvgIpc) is 2.60. The van der Waals surface area contributed by atoms with Crippen molar-refractivity contribution in [3.05, 3.63) is 47.8 Å². The summed E-state index contributed by atoms with van der Waals surface area (Å²) >= 11 is 0. The minimum atomic E-state index is -0.168. The second-order valence-corrected chi connectivity index (χ2v) is 7.15. The lowest BCUT2D eigenvalue weighted by Crippen LogP contribution is -2.48. The van der Waals surface area contributed by atoms with Crippen LogP contribution >= 0.6 is 0 Å². The van der Waals surface area contributed by atoms with E-state index in [0.717, 1.165) is 69.9 Å². The summed E-state index contributed by atoms with van der Waals surface area (Å²) in [5, 5.41) is 6.90. The van der Waals surface area contributed by atoms with Gasteiger partial charge in [0.05, 0.1) is 0 Å². The Morgan fingerprint density at radius 1 is 1.35 bits per heavy atom. The molecule has 2 rings (SSSR count). The minimum absolute atomic E-state index is 0.168. The van der Waals surface area contributed by atoms with E-state index in [0.29, 0.717) is 6.04 Å². The predicted octanol–water partition coefficient (Wildman–Crippen LogP) is 3.35. The maximum absolute atomic E-state index is 13.2. The van der Waals surface area contributed by atoms with Crippen molar-refractivity contribution in [2.75, 3.05) is 32.7 Å². The van der Waals surface area contributed by atoms with E-state index >= 15 is 0 Å². The van der Waals surface area contributed by atoms with Crippen LogP contribution < -0.4 is 10.6 Å². The number of nitrogens with one attached hydrogen (secondary N) is 2. The molecule has 0 radical (unpaired) electrons. The van der Waals surface area contributed by atoms with Crippen LogP contribution in [0, 0.1) is 5.82 Å². The minimum Gasteiger partial charge on any atom is -0.357 e. The number of nitrogens with zero attached hydrogens (tertiary/aromatic N) is 2. The largest absolute Gasteiger partial charge is 0.357 e. The van der Waals surface area contributed by atoms with Crippen LogP contribution in [0.3, 0.4) is 0 Å². The van der Waals surface area contributed by atoms with Crippen LogP contribution in [-0.4, -0.2) is 49.6 Å². The van der Waals surface area contributed by atoms with Gasteiger partial charge in [-0.05, 0) is 57.2 Å². The second kappa shape index (κ2) is 11.0. The highest BCUT2D eigenvalue weighted by Gasteiger charge is 2.19. The lowest BCUT2D eigenvalue weighted by Gasteiger charge is -2.33. The van der Waals surface area contributed by atoms with Crippen molar-refractivity contribution in [1.82, 2.24) is 15.5 Å². The van der Waals surface area contributed by atoms with Gasteiger partial charge in [0, 0.05) is 38.8 Å². The summed E-state index contributed by atoms with van der Waals surface area (Å²) in [6.07, 6.45) is 4.01. The molecule has 0 bridgehead atoms. The van der Waals surface area contributed by atoms with E-state index in [2.05, 4.69) is 41.0 Å². The highest BCUT2D eigenvalue weighted by Crippen LogP contribution is 2.11. The van der Waals surface area contributed by atoms with Gasteiger partial charge in [-0.1, -0.05) is 24.3 Å². The molecule has 1 saturated heterocycles. The number of hydrogen-bond donors (Lipinski definition) is 2. The number of hydrogen-bond acceptors (Lipinski definition) is 2. The zero-order chi connectivity index (χ0) is 18.8. The fourth-order valence-electron chi connectivity index (χ4n) is 3.30. The summed E-state index contributed by atoms with van der Waals surface area (Å²) in [6, 6.07) is 7.29. The molecule has 0 unspecified atom stereocenters. The lowest BCUT2D eigenvalue weighted by molar-refractivity contribution is 0.221.